The highest BCUT2D eigenvalue weighted by molar-refractivity contribution is 6.42. The molecule has 0 aliphatic rings. The number of amides is 1. The average Bonchev–Trinajstić information content (AvgIpc) is 2.81. The number of hydrogen-bond acceptors (Lipinski definition) is 6. The van der Waals surface area contributed by atoms with E-state index in [1.54, 1.807) is 42.9 Å². The minimum Gasteiger partial charge on any atom is -0.380 e. The molecule has 4 aromatic rings. The number of fused-ring (bicyclic) bond motifs is 1. The van der Waals surface area contributed by atoms with Gasteiger partial charge >= 0.3 is 0 Å². The van der Waals surface area contributed by atoms with Crippen molar-refractivity contribution in [2.24, 2.45) is 0 Å². The van der Waals surface area contributed by atoms with Crippen LogP contribution >= 0.6 is 23.2 Å². The predicted molar refractivity (Wildman–Crippen MR) is 130 cm³/mol. The third-order valence-electron chi connectivity index (χ3n) is 4.91. The summed E-state index contributed by atoms with van der Waals surface area (Å²) in [6.45, 7) is 2.48. The van der Waals surface area contributed by atoms with Gasteiger partial charge in [-0.05, 0) is 35.9 Å². The zero-order valence-electron chi connectivity index (χ0n) is 17.7. The number of aromatic nitrogens is 4. The van der Waals surface area contributed by atoms with Gasteiger partial charge in [0, 0.05) is 44.5 Å². The predicted octanol–water partition coefficient (Wildman–Crippen LogP) is 3.91. The number of benzene rings is 1. The molecule has 8 nitrogen and oxygen atoms in total. The monoisotopic (exact) mass is 482 g/mol. The minimum atomic E-state index is -0.301. The van der Waals surface area contributed by atoms with Crippen LogP contribution in [0.1, 0.15) is 12.5 Å². The molecule has 0 saturated heterocycles. The van der Waals surface area contributed by atoms with E-state index in [-0.39, 0.29) is 23.7 Å². The van der Waals surface area contributed by atoms with E-state index in [0.29, 0.717) is 39.9 Å². The molecule has 0 aliphatic carbocycles. The molecule has 0 radical (unpaired) electrons. The maximum absolute atomic E-state index is 13.2. The molecule has 1 aromatic carbocycles. The number of nitrogens with zero attached hydrogens (tertiary/aromatic N) is 4. The maximum Gasteiger partial charge on any atom is 0.278 e. The summed E-state index contributed by atoms with van der Waals surface area (Å²) in [6.07, 6.45) is 4.86. The van der Waals surface area contributed by atoms with Crippen LogP contribution in [0.3, 0.4) is 0 Å². The number of carbonyl (C=O) groups is 1. The summed E-state index contributed by atoms with van der Waals surface area (Å²) >= 11 is 12.1. The summed E-state index contributed by atoms with van der Waals surface area (Å²) < 4.78 is 1.52. The SMILES string of the molecule is CC(=O)NCCn1c(=O)c(-c2cccnc2)nc2cc(NCc3ccc(Cl)c(Cl)c3)cnc21. The molecule has 0 spiro atoms. The van der Waals surface area contributed by atoms with Gasteiger partial charge in [0.05, 0.1) is 21.9 Å². The van der Waals surface area contributed by atoms with E-state index in [1.165, 1.54) is 11.5 Å². The molecule has 2 N–H and O–H groups in total. The average molecular weight is 483 g/mol. The van der Waals surface area contributed by atoms with E-state index in [2.05, 4.69) is 25.6 Å². The van der Waals surface area contributed by atoms with E-state index in [4.69, 9.17) is 23.2 Å². The van der Waals surface area contributed by atoms with Crippen molar-refractivity contribution in [3.8, 4) is 11.3 Å². The standard InChI is InChI=1S/C23H20Cl2N6O2/c1-14(32)27-7-8-31-22-20(30-21(23(31)33)16-3-2-6-26-12-16)10-17(13-29-22)28-11-15-4-5-18(24)19(25)9-15/h2-6,9-10,12-13,28H,7-8,11H2,1H3,(H,27,32). The van der Waals surface area contributed by atoms with Gasteiger partial charge in [0.1, 0.15) is 11.2 Å². The smallest absolute Gasteiger partial charge is 0.278 e. The first-order chi connectivity index (χ1) is 15.9. The van der Waals surface area contributed by atoms with Crippen LogP contribution in [0.15, 0.2) is 59.8 Å². The summed E-state index contributed by atoms with van der Waals surface area (Å²) in [4.78, 5) is 37.6. The van der Waals surface area contributed by atoms with E-state index in [0.717, 1.165) is 11.3 Å². The molecule has 0 aliphatic heterocycles. The lowest BCUT2D eigenvalue weighted by molar-refractivity contribution is -0.118. The summed E-state index contributed by atoms with van der Waals surface area (Å²) in [5.74, 6) is -0.171. The number of carbonyl (C=O) groups excluding carboxylic acids is 1. The highest BCUT2D eigenvalue weighted by Crippen LogP contribution is 2.23. The second-order valence-corrected chi connectivity index (χ2v) is 8.13. The second kappa shape index (κ2) is 9.97. The van der Waals surface area contributed by atoms with Gasteiger partial charge in [-0.2, -0.15) is 0 Å². The first-order valence-electron chi connectivity index (χ1n) is 10.2. The lowest BCUT2D eigenvalue weighted by Gasteiger charge is -2.13. The highest BCUT2D eigenvalue weighted by Gasteiger charge is 2.15. The molecule has 0 atom stereocenters. The molecule has 1 amide bonds. The quantitative estimate of drug-likeness (QED) is 0.414. The van der Waals surface area contributed by atoms with Gasteiger partial charge in [-0.1, -0.05) is 29.3 Å². The van der Waals surface area contributed by atoms with Crippen LogP contribution in [-0.2, 0) is 17.9 Å². The Kier molecular flexibility index (Phi) is 6.86. The Bertz CT molecular complexity index is 1370. The molecule has 33 heavy (non-hydrogen) atoms. The van der Waals surface area contributed by atoms with Crippen LogP contribution in [0.25, 0.3) is 22.4 Å². The van der Waals surface area contributed by atoms with Crippen molar-refractivity contribution in [2.45, 2.75) is 20.0 Å². The summed E-state index contributed by atoms with van der Waals surface area (Å²) in [5, 5.41) is 6.98. The molecule has 0 saturated carbocycles. The van der Waals surface area contributed by atoms with E-state index in [1.807, 2.05) is 12.1 Å². The number of rotatable bonds is 7. The molecule has 3 aromatic heterocycles. The lowest BCUT2D eigenvalue weighted by Crippen LogP contribution is -2.31. The maximum atomic E-state index is 13.2. The van der Waals surface area contributed by atoms with Crippen molar-refractivity contribution < 1.29 is 4.79 Å². The zero-order chi connectivity index (χ0) is 23.4. The van der Waals surface area contributed by atoms with Crippen molar-refractivity contribution >= 4 is 46.0 Å². The number of halogens is 2. The van der Waals surface area contributed by atoms with Crippen molar-refractivity contribution in [2.75, 3.05) is 11.9 Å². The fourth-order valence-electron chi connectivity index (χ4n) is 3.32. The lowest BCUT2D eigenvalue weighted by atomic mass is 10.2. The van der Waals surface area contributed by atoms with E-state index >= 15 is 0 Å². The summed E-state index contributed by atoms with van der Waals surface area (Å²) in [6, 6.07) is 10.8. The van der Waals surface area contributed by atoms with Gasteiger partial charge in [-0.15, -0.1) is 0 Å². The Morgan fingerprint density at radius 2 is 1.97 bits per heavy atom. The van der Waals surface area contributed by atoms with Crippen molar-refractivity contribution in [1.29, 1.82) is 0 Å². The number of anilines is 1. The molecule has 0 fully saturated rings. The molecular weight excluding hydrogens is 463 g/mol. The number of pyridine rings is 2. The van der Waals surface area contributed by atoms with E-state index in [9.17, 15) is 9.59 Å². The molecule has 0 unspecified atom stereocenters. The van der Waals surface area contributed by atoms with Crippen molar-refractivity contribution in [1.82, 2.24) is 24.8 Å². The molecule has 10 heteroatoms. The number of nitrogens with one attached hydrogen (secondary N) is 2. The molecular formula is C23H20Cl2N6O2. The molecule has 168 valence electrons. The largest absolute Gasteiger partial charge is 0.380 e. The van der Waals surface area contributed by atoms with Crippen LogP contribution in [0.4, 0.5) is 5.69 Å². The van der Waals surface area contributed by atoms with Gasteiger partial charge in [-0.25, -0.2) is 9.97 Å². The summed E-state index contributed by atoms with van der Waals surface area (Å²) in [7, 11) is 0. The normalized spacial score (nSPS) is 10.9. The Balaban J connectivity index is 1.71. The van der Waals surface area contributed by atoms with Crippen LogP contribution < -0.4 is 16.2 Å². The third kappa shape index (κ3) is 5.30. The summed E-state index contributed by atoms with van der Waals surface area (Å²) in [5.41, 5.74) is 3.21. The zero-order valence-corrected chi connectivity index (χ0v) is 19.2. The van der Waals surface area contributed by atoms with Gasteiger partial charge in [0.2, 0.25) is 5.91 Å². The van der Waals surface area contributed by atoms with Gasteiger partial charge in [-0.3, -0.25) is 19.1 Å². The molecule has 0 bridgehead atoms. The topological polar surface area (TPSA) is 102 Å². The Morgan fingerprint density at radius 1 is 1.12 bits per heavy atom. The van der Waals surface area contributed by atoms with Crippen LogP contribution in [-0.4, -0.2) is 32.0 Å². The third-order valence-corrected chi connectivity index (χ3v) is 5.65. The van der Waals surface area contributed by atoms with Crippen LogP contribution in [0.2, 0.25) is 10.0 Å². The molecule has 3 heterocycles. The van der Waals surface area contributed by atoms with Crippen molar-refractivity contribution in [3.05, 3.63) is 81.0 Å². The minimum absolute atomic E-state index is 0.171. The Hall–Kier alpha value is -3.49. The molecule has 4 rings (SSSR count). The van der Waals surface area contributed by atoms with Gasteiger partial charge < -0.3 is 10.6 Å². The van der Waals surface area contributed by atoms with Crippen molar-refractivity contribution in [3.63, 3.8) is 0 Å². The fraction of sp³-hybridized carbons (Fsp3) is 0.174. The highest BCUT2D eigenvalue weighted by atomic mass is 35.5. The fourth-order valence-corrected chi connectivity index (χ4v) is 3.64. The number of hydrogen-bond donors (Lipinski definition) is 2. The Labute approximate surface area is 199 Å². The first-order valence-corrected chi connectivity index (χ1v) is 10.9. The second-order valence-electron chi connectivity index (χ2n) is 7.31. The van der Waals surface area contributed by atoms with Crippen LogP contribution in [0.5, 0.6) is 0 Å². The van der Waals surface area contributed by atoms with Gasteiger partial charge in [0.15, 0.2) is 5.65 Å². The Morgan fingerprint density at radius 3 is 2.70 bits per heavy atom. The van der Waals surface area contributed by atoms with Crippen LogP contribution in [0, 0.1) is 0 Å². The first kappa shape index (κ1) is 22.7. The van der Waals surface area contributed by atoms with Gasteiger partial charge in [0.25, 0.3) is 5.56 Å². The van der Waals surface area contributed by atoms with E-state index < -0.39 is 0 Å².